The van der Waals surface area contributed by atoms with Crippen LogP contribution in [0.1, 0.15) is 13.3 Å². The zero-order valence-electron chi connectivity index (χ0n) is 10.5. The van der Waals surface area contributed by atoms with Crippen molar-refractivity contribution in [1.82, 2.24) is 15.2 Å². The molecule has 104 valence electrons. The molecule has 0 aliphatic rings. The Morgan fingerprint density at radius 1 is 1.35 bits per heavy atom. The molecule has 1 N–H and O–H groups in total. The smallest absolute Gasteiger partial charge is 0.293 e. The van der Waals surface area contributed by atoms with Crippen LogP contribution in [0.4, 0.5) is 5.13 Å². The van der Waals surface area contributed by atoms with E-state index in [1.807, 2.05) is 0 Å². The normalized spacial score (nSPS) is 11.9. The summed E-state index contributed by atoms with van der Waals surface area (Å²) in [5, 5.41) is 10.7. The van der Waals surface area contributed by atoms with Crippen molar-refractivity contribution < 1.29 is 9.59 Å². The molecular weight excluding hydrogens is 300 g/mol. The molecule has 0 bridgehead atoms. The maximum absolute atomic E-state index is 11.6. The quantitative estimate of drug-likeness (QED) is 0.675. The van der Waals surface area contributed by atoms with Crippen LogP contribution in [0.3, 0.4) is 0 Å². The van der Waals surface area contributed by atoms with E-state index in [0.717, 1.165) is 5.56 Å². The van der Waals surface area contributed by atoms with Crippen LogP contribution in [-0.2, 0) is 9.59 Å². The lowest BCUT2D eigenvalue weighted by molar-refractivity contribution is -0.134. The summed E-state index contributed by atoms with van der Waals surface area (Å²) in [5.41, 5.74) is 0.846. The number of carbonyl (C=O) groups excluding carboxylic acids is 2. The molecule has 2 rings (SSSR count). The van der Waals surface area contributed by atoms with Crippen molar-refractivity contribution >= 4 is 39.8 Å². The van der Waals surface area contributed by atoms with Gasteiger partial charge in [0.25, 0.3) is 5.91 Å². The number of carbonyl (C=O) groups is 2. The summed E-state index contributed by atoms with van der Waals surface area (Å²) < 4.78 is 0. The van der Waals surface area contributed by atoms with Crippen LogP contribution in [0.2, 0.25) is 0 Å². The Hall–Kier alpha value is -1.86. The lowest BCUT2D eigenvalue weighted by Gasteiger charge is -2.01. The second kappa shape index (κ2) is 6.53. The number of amides is 1. The molecule has 1 atom stereocenters. The van der Waals surface area contributed by atoms with Crippen LogP contribution < -0.4 is 5.32 Å². The number of Topliss-reactive ketones (excluding diaryl/α,β-unsaturated/α-hetero) is 1. The number of nitrogens with zero attached hydrogens (tertiary/aromatic N) is 3. The maximum Gasteiger partial charge on any atom is 0.293 e. The minimum atomic E-state index is -0.727. The minimum Gasteiger partial charge on any atom is -0.294 e. The van der Waals surface area contributed by atoms with Crippen molar-refractivity contribution in [3.05, 3.63) is 24.5 Å². The largest absolute Gasteiger partial charge is 0.294 e. The summed E-state index contributed by atoms with van der Waals surface area (Å²) >= 11 is 6.86. The molecule has 2 aromatic rings. The van der Waals surface area contributed by atoms with Crippen molar-refractivity contribution in [3.63, 3.8) is 0 Å². The van der Waals surface area contributed by atoms with Crippen LogP contribution in [-0.4, -0.2) is 32.2 Å². The minimum absolute atomic E-state index is 0.0105. The lowest BCUT2D eigenvalue weighted by atomic mass is 10.2. The predicted molar refractivity (Wildman–Crippen MR) is 76.7 cm³/mol. The molecule has 0 fully saturated rings. The Morgan fingerprint density at radius 2 is 2.05 bits per heavy atom. The fourth-order valence-corrected chi connectivity index (χ4v) is 2.28. The fraction of sp³-hybridized carbons (Fsp3) is 0.250. The molecule has 0 spiro atoms. The topological polar surface area (TPSA) is 84.8 Å². The second-order valence-corrected chi connectivity index (χ2v) is 5.73. The van der Waals surface area contributed by atoms with Gasteiger partial charge in [-0.15, -0.1) is 21.8 Å². The van der Waals surface area contributed by atoms with E-state index in [9.17, 15) is 9.59 Å². The molecule has 1 amide bonds. The first kappa shape index (κ1) is 14.5. The number of nitrogens with one attached hydrogen (secondary N) is 1. The Labute approximate surface area is 124 Å². The highest BCUT2D eigenvalue weighted by Crippen LogP contribution is 2.25. The number of ketones is 1. The van der Waals surface area contributed by atoms with Crippen molar-refractivity contribution in [2.75, 3.05) is 5.32 Å². The SMILES string of the molecule is CC(Cl)CC(=O)C(=O)Nc1nnc(-c2ccncc2)s1. The number of aromatic nitrogens is 3. The third-order valence-corrected chi connectivity index (χ3v) is 3.33. The van der Waals surface area contributed by atoms with Gasteiger partial charge in [0.1, 0.15) is 5.01 Å². The van der Waals surface area contributed by atoms with Crippen LogP contribution in [0.5, 0.6) is 0 Å². The number of hydrogen-bond donors (Lipinski definition) is 1. The van der Waals surface area contributed by atoms with E-state index in [1.165, 1.54) is 11.3 Å². The summed E-state index contributed by atoms with van der Waals surface area (Å²) in [7, 11) is 0. The van der Waals surface area contributed by atoms with Gasteiger partial charge < -0.3 is 0 Å². The van der Waals surface area contributed by atoms with E-state index in [1.54, 1.807) is 31.5 Å². The van der Waals surface area contributed by atoms with E-state index in [2.05, 4.69) is 20.5 Å². The summed E-state index contributed by atoms with van der Waals surface area (Å²) in [5.74, 6) is -1.30. The molecule has 20 heavy (non-hydrogen) atoms. The van der Waals surface area contributed by atoms with Gasteiger partial charge in [-0.2, -0.15) is 0 Å². The van der Waals surface area contributed by atoms with E-state index >= 15 is 0 Å². The Bertz CT molecular complexity index is 615. The monoisotopic (exact) mass is 310 g/mol. The van der Waals surface area contributed by atoms with Crippen LogP contribution in [0.15, 0.2) is 24.5 Å². The molecule has 0 aromatic carbocycles. The van der Waals surface area contributed by atoms with Crippen LogP contribution >= 0.6 is 22.9 Å². The highest BCUT2D eigenvalue weighted by atomic mass is 35.5. The Balaban J connectivity index is 2.03. The molecule has 1 unspecified atom stereocenters. The van der Waals surface area contributed by atoms with Gasteiger partial charge >= 0.3 is 0 Å². The van der Waals surface area contributed by atoms with E-state index < -0.39 is 11.7 Å². The summed E-state index contributed by atoms with van der Waals surface area (Å²) in [6.45, 7) is 1.65. The van der Waals surface area contributed by atoms with Gasteiger partial charge in [0.15, 0.2) is 0 Å². The Morgan fingerprint density at radius 3 is 2.70 bits per heavy atom. The molecule has 2 heterocycles. The van der Waals surface area contributed by atoms with Gasteiger partial charge in [-0.05, 0) is 19.1 Å². The highest BCUT2D eigenvalue weighted by Gasteiger charge is 2.18. The zero-order valence-corrected chi connectivity index (χ0v) is 12.1. The summed E-state index contributed by atoms with van der Waals surface area (Å²) in [6, 6.07) is 3.57. The van der Waals surface area contributed by atoms with Crippen molar-refractivity contribution in [2.45, 2.75) is 18.7 Å². The van der Waals surface area contributed by atoms with Crippen LogP contribution in [0.25, 0.3) is 10.6 Å². The fourth-order valence-electron chi connectivity index (χ4n) is 1.40. The molecule has 0 saturated carbocycles. The number of pyridine rings is 1. The maximum atomic E-state index is 11.6. The first-order valence-electron chi connectivity index (χ1n) is 5.78. The zero-order chi connectivity index (χ0) is 14.5. The molecule has 8 heteroatoms. The molecular formula is C12H11ClN4O2S. The van der Waals surface area contributed by atoms with E-state index in [4.69, 9.17) is 11.6 Å². The Kier molecular flexibility index (Phi) is 4.75. The standard InChI is InChI=1S/C12H11ClN4O2S/c1-7(13)6-9(18)10(19)15-12-17-16-11(20-12)8-2-4-14-5-3-8/h2-5,7H,6H2,1H3,(H,15,17,19). The van der Waals surface area contributed by atoms with Gasteiger partial charge in [-0.1, -0.05) is 11.3 Å². The lowest BCUT2D eigenvalue weighted by Crippen LogP contribution is -2.24. The third-order valence-electron chi connectivity index (χ3n) is 2.29. The number of alkyl halides is 1. The van der Waals surface area contributed by atoms with Gasteiger partial charge in [-0.25, -0.2) is 0 Å². The van der Waals surface area contributed by atoms with E-state index in [-0.39, 0.29) is 16.9 Å². The number of halogens is 1. The number of rotatable bonds is 5. The molecule has 6 nitrogen and oxygen atoms in total. The van der Waals surface area contributed by atoms with Crippen LogP contribution in [0, 0.1) is 0 Å². The first-order chi connectivity index (χ1) is 9.56. The average Bonchev–Trinajstić information content (AvgIpc) is 2.87. The van der Waals surface area contributed by atoms with Gasteiger partial charge in [0.2, 0.25) is 10.9 Å². The average molecular weight is 311 g/mol. The predicted octanol–water partition coefficient (Wildman–Crippen LogP) is 2.13. The summed E-state index contributed by atoms with van der Waals surface area (Å²) in [6.07, 6.45) is 3.27. The molecule has 0 aliphatic carbocycles. The van der Waals surface area contributed by atoms with Crippen molar-refractivity contribution in [3.8, 4) is 10.6 Å². The molecule has 0 aliphatic heterocycles. The number of hydrogen-bond acceptors (Lipinski definition) is 6. The second-order valence-electron chi connectivity index (χ2n) is 4.01. The van der Waals surface area contributed by atoms with Gasteiger partial charge in [0, 0.05) is 29.8 Å². The molecule has 2 aromatic heterocycles. The van der Waals surface area contributed by atoms with Crippen molar-refractivity contribution in [2.24, 2.45) is 0 Å². The van der Waals surface area contributed by atoms with Gasteiger partial charge in [-0.3, -0.25) is 19.9 Å². The molecule has 0 saturated heterocycles. The number of anilines is 1. The first-order valence-corrected chi connectivity index (χ1v) is 7.03. The molecule has 0 radical (unpaired) electrons. The third kappa shape index (κ3) is 3.82. The van der Waals surface area contributed by atoms with Gasteiger partial charge in [0.05, 0.1) is 0 Å². The summed E-state index contributed by atoms with van der Waals surface area (Å²) in [4.78, 5) is 27.0. The van der Waals surface area contributed by atoms with Crippen molar-refractivity contribution in [1.29, 1.82) is 0 Å². The highest BCUT2D eigenvalue weighted by molar-refractivity contribution is 7.18. The van der Waals surface area contributed by atoms with E-state index in [0.29, 0.717) is 5.01 Å².